The Kier molecular flexibility index (Phi) is 3.55. The summed E-state index contributed by atoms with van der Waals surface area (Å²) in [5.74, 6) is 0.606. The van der Waals surface area contributed by atoms with Gasteiger partial charge in [0.1, 0.15) is 0 Å². The lowest BCUT2D eigenvalue weighted by molar-refractivity contribution is 0.279. The van der Waals surface area contributed by atoms with E-state index in [9.17, 15) is 4.79 Å². The van der Waals surface area contributed by atoms with E-state index in [1.165, 1.54) is 0 Å². The van der Waals surface area contributed by atoms with E-state index in [1.807, 2.05) is 10.8 Å². The predicted octanol–water partition coefficient (Wildman–Crippen LogP) is 1.32. The van der Waals surface area contributed by atoms with Gasteiger partial charge in [-0.25, -0.2) is 4.98 Å². The second-order valence-electron chi connectivity index (χ2n) is 5.55. The SMILES string of the molecule is O=c1c(N2CCCC2CCCO)nccn1C1CC1. The van der Waals surface area contributed by atoms with Crippen molar-refractivity contribution >= 4 is 5.82 Å². The monoisotopic (exact) mass is 263 g/mol. The summed E-state index contributed by atoms with van der Waals surface area (Å²) >= 11 is 0. The van der Waals surface area contributed by atoms with Gasteiger partial charge in [-0.05, 0) is 38.5 Å². The van der Waals surface area contributed by atoms with Crippen LogP contribution < -0.4 is 10.5 Å². The summed E-state index contributed by atoms with van der Waals surface area (Å²) in [4.78, 5) is 18.9. The van der Waals surface area contributed by atoms with Gasteiger partial charge in [0.05, 0.1) is 0 Å². The zero-order valence-electron chi connectivity index (χ0n) is 11.2. The molecule has 0 bridgehead atoms. The van der Waals surface area contributed by atoms with Crippen LogP contribution in [0.3, 0.4) is 0 Å². The molecule has 1 aliphatic heterocycles. The van der Waals surface area contributed by atoms with Crippen molar-refractivity contribution in [1.29, 1.82) is 0 Å². The molecule has 1 N–H and O–H groups in total. The number of aliphatic hydroxyl groups is 1. The van der Waals surface area contributed by atoms with E-state index in [2.05, 4.69) is 9.88 Å². The van der Waals surface area contributed by atoms with E-state index < -0.39 is 0 Å². The summed E-state index contributed by atoms with van der Waals surface area (Å²) in [6, 6.07) is 0.759. The molecular weight excluding hydrogens is 242 g/mol. The van der Waals surface area contributed by atoms with Crippen molar-refractivity contribution in [3.05, 3.63) is 22.7 Å². The highest BCUT2D eigenvalue weighted by Gasteiger charge is 2.30. The first-order chi connectivity index (χ1) is 9.31. The molecule has 0 spiro atoms. The zero-order valence-corrected chi connectivity index (χ0v) is 11.2. The average Bonchev–Trinajstić information content (AvgIpc) is 3.16. The number of aromatic nitrogens is 2. The van der Waals surface area contributed by atoms with Crippen LogP contribution >= 0.6 is 0 Å². The van der Waals surface area contributed by atoms with E-state index in [-0.39, 0.29) is 12.2 Å². The lowest BCUT2D eigenvalue weighted by atomic mass is 10.1. The normalized spacial score (nSPS) is 23.0. The minimum Gasteiger partial charge on any atom is -0.396 e. The van der Waals surface area contributed by atoms with Gasteiger partial charge in [-0.3, -0.25) is 4.79 Å². The molecule has 1 aromatic rings. The Bertz CT molecular complexity index is 496. The van der Waals surface area contributed by atoms with Crippen LogP contribution in [0.5, 0.6) is 0 Å². The van der Waals surface area contributed by atoms with E-state index in [4.69, 9.17) is 5.11 Å². The minimum atomic E-state index is 0.0564. The lowest BCUT2D eigenvalue weighted by Gasteiger charge is -2.25. The number of hydrogen-bond donors (Lipinski definition) is 1. The van der Waals surface area contributed by atoms with Crippen LogP contribution in [0.4, 0.5) is 5.82 Å². The predicted molar refractivity (Wildman–Crippen MR) is 73.5 cm³/mol. The molecule has 5 heteroatoms. The van der Waals surface area contributed by atoms with Crippen molar-refractivity contribution in [3.8, 4) is 0 Å². The third-order valence-corrected chi connectivity index (χ3v) is 4.13. The van der Waals surface area contributed by atoms with Gasteiger partial charge in [0.25, 0.3) is 5.56 Å². The van der Waals surface area contributed by atoms with Crippen LogP contribution in [0.15, 0.2) is 17.2 Å². The summed E-state index contributed by atoms with van der Waals surface area (Å²) in [5, 5.41) is 8.96. The Hall–Kier alpha value is -1.36. The number of anilines is 1. The minimum absolute atomic E-state index is 0.0564. The molecule has 1 saturated carbocycles. The molecule has 0 amide bonds. The van der Waals surface area contributed by atoms with Crippen LogP contribution in [0.25, 0.3) is 0 Å². The van der Waals surface area contributed by atoms with Gasteiger partial charge in [0.2, 0.25) is 0 Å². The van der Waals surface area contributed by atoms with Crippen molar-refractivity contribution in [3.63, 3.8) is 0 Å². The Morgan fingerprint density at radius 2 is 2.21 bits per heavy atom. The molecular formula is C14H21N3O2. The van der Waals surface area contributed by atoms with Gasteiger partial charge in [-0.2, -0.15) is 0 Å². The van der Waals surface area contributed by atoms with Gasteiger partial charge in [-0.15, -0.1) is 0 Å². The molecule has 0 aromatic carbocycles. The fourth-order valence-electron chi connectivity index (χ4n) is 2.99. The van der Waals surface area contributed by atoms with Crippen LogP contribution in [0.1, 0.15) is 44.6 Å². The fourth-order valence-corrected chi connectivity index (χ4v) is 2.99. The quantitative estimate of drug-likeness (QED) is 0.870. The summed E-state index contributed by atoms with van der Waals surface area (Å²) in [6.07, 6.45) is 9.71. The highest BCUT2D eigenvalue weighted by atomic mass is 16.3. The molecule has 2 fully saturated rings. The Balaban J connectivity index is 1.84. The molecule has 1 saturated heterocycles. The Morgan fingerprint density at radius 3 is 2.95 bits per heavy atom. The molecule has 2 heterocycles. The van der Waals surface area contributed by atoms with Crippen molar-refractivity contribution in [2.24, 2.45) is 0 Å². The maximum Gasteiger partial charge on any atom is 0.293 e. The molecule has 2 aliphatic rings. The Morgan fingerprint density at radius 1 is 1.37 bits per heavy atom. The summed E-state index contributed by atoms with van der Waals surface area (Å²) in [5.41, 5.74) is 0.0564. The Labute approximate surface area is 112 Å². The van der Waals surface area contributed by atoms with Crippen molar-refractivity contribution in [1.82, 2.24) is 9.55 Å². The molecule has 1 atom stereocenters. The molecule has 104 valence electrons. The largest absolute Gasteiger partial charge is 0.396 e. The van der Waals surface area contributed by atoms with Gasteiger partial charge in [0, 0.05) is 37.6 Å². The van der Waals surface area contributed by atoms with Crippen LogP contribution in [-0.2, 0) is 0 Å². The van der Waals surface area contributed by atoms with Gasteiger partial charge in [0.15, 0.2) is 5.82 Å². The van der Waals surface area contributed by atoms with Crippen LogP contribution in [0.2, 0.25) is 0 Å². The van der Waals surface area contributed by atoms with Crippen molar-refractivity contribution in [2.45, 2.75) is 50.6 Å². The van der Waals surface area contributed by atoms with Crippen molar-refractivity contribution in [2.75, 3.05) is 18.1 Å². The smallest absolute Gasteiger partial charge is 0.293 e. The van der Waals surface area contributed by atoms with E-state index in [0.29, 0.717) is 17.9 Å². The fraction of sp³-hybridized carbons (Fsp3) is 0.714. The number of rotatable bonds is 5. The lowest BCUT2D eigenvalue weighted by Crippen LogP contribution is -2.36. The topological polar surface area (TPSA) is 58.4 Å². The summed E-state index contributed by atoms with van der Waals surface area (Å²) in [7, 11) is 0. The molecule has 3 rings (SSSR count). The average molecular weight is 263 g/mol. The van der Waals surface area contributed by atoms with Gasteiger partial charge < -0.3 is 14.6 Å². The summed E-state index contributed by atoms with van der Waals surface area (Å²) in [6.45, 7) is 1.13. The van der Waals surface area contributed by atoms with E-state index in [1.54, 1.807) is 6.20 Å². The highest BCUT2D eigenvalue weighted by Crippen LogP contribution is 2.33. The molecule has 5 nitrogen and oxygen atoms in total. The molecule has 1 aromatic heterocycles. The van der Waals surface area contributed by atoms with Gasteiger partial charge >= 0.3 is 0 Å². The highest BCUT2D eigenvalue weighted by molar-refractivity contribution is 5.39. The first-order valence-corrected chi connectivity index (χ1v) is 7.26. The standard InChI is InChI=1S/C14H21N3O2/c18-10-2-4-11-3-1-8-16(11)13-14(19)17(9-7-15-13)12-5-6-12/h7,9,11-12,18H,1-6,8,10H2. The number of hydrogen-bond acceptors (Lipinski definition) is 4. The second-order valence-corrected chi connectivity index (χ2v) is 5.55. The van der Waals surface area contributed by atoms with E-state index >= 15 is 0 Å². The molecule has 19 heavy (non-hydrogen) atoms. The van der Waals surface area contributed by atoms with E-state index in [0.717, 1.165) is 45.1 Å². The second kappa shape index (κ2) is 5.33. The number of nitrogens with zero attached hydrogens (tertiary/aromatic N) is 3. The van der Waals surface area contributed by atoms with Crippen molar-refractivity contribution < 1.29 is 5.11 Å². The third kappa shape index (κ3) is 2.52. The third-order valence-electron chi connectivity index (χ3n) is 4.13. The molecule has 1 aliphatic carbocycles. The van der Waals surface area contributed by atoms with Crippen LogP contribution in [0, 0.1) is 0 Å². The molecule has 0 radical (unpaired) electrons. The maximum atomic E-state index is 12.5. The first-order valence-electron chi connectivity index (χ1n) is 7.26. The maximum absolute atomic E-state index is 12.5. The molecule has 1 unspecified atom stereocenters. The first kappa shape index (κ1) is 12.7. The summed E-state index contributed by atoms with van der Waals surface area (Å²) < 4.78 is 1.84. The van der Waals surface area contributed by atoms with Crippen LogP contribution in [-0.4, -0.2) is 33.9 Å². The zero-order chi connectivity index (χ0) is 13.2. The van der Waals surface area contributed by atoms with Gasteiger partial charge in [-0.1, -0.05) is 0 Å². The number of aliphatic hydroxyl groups excluding tert-OH is 1.